The van der Waals surface area contributed by atoms with E-state index in [1.165, 1.54) is 0 Å². The molecule has 1 aliphatic rings. The highest BCUT2D eigenvalue weighted by Crippen LogP contribution is 2.38. The molecule has 0 radical (unpaired) electrons. The monoisotopic (exact) mass is 420 g/mol. The Morgan fingerprint density at radius 3 is 2.53 bits per heavy atom. The third kappa shape index (κ3) is 4.24. The molecule has 154 valence electrons. The fourth-order valence-corrected chi connectivity index (χ4v) is 4.77. The number of benzene rings is 2. The molecule has 0 aliphatic carbocycles. The molecular weight excluding hydrogens is 396 g/mol. The minimum Gasteiger partial charge on any atom is -0.484 e. The number of ether oxygens (including phenoxy) is 1. The molecule has 2 heterocycles. The maximum Gasteiger partial charge on any atom is 0.260 e. The lowest BCUT2D eigenvalue weighted by Gasteiger charge is -2.27. The van der Waals surface area contributed by atoms with E-state index in [2.05, 4.69) is 12.1 Å². The van der Waals surface area contributed by atoms with Crippen LogP contribution < -0.4 is 10.5 Å². The van der Waals surface area contributed by atoms with Crippen LogP contribution in [0.25, 0.3) is 10.4 Å². The lowest BCUT2D eigenvalue weighted by Crippen LogP contribution is -2.43. The Bertz CT molecular complexity index is 1020. The third-order valence-electron chi connectivity index (χ3n) is 5.67. The van der Waals surface area contributed by atoms with Gasteiger partial charge in [-0.05, 0) is 47.5 Å². The van der Waals surface area contributed by atoms with Crippen molar-refractivity contribution >= 4 is 23.2 Å². The van der Waals surface area contributed by atoms with Crippen molar-refractivity contribution < 1.29 is 14.3 Å². The second-order valence-corrected chi connectivity index (χ2v) is 8.57. The number of nitrogens with two attached hydrogens (primary N) is 1. The number of primary amides is 1. The van der Waals surface area contributed by atoms with E-state index in [1.807, 2.05) is 60.0 Å². The first-order valence-corrected chi connectivity index (χ1v) is 10.8. The lowest BCUT2D eigenvalue weighted by atomic mass is 9.79. The molecule has 1 atom stereocenters. The van der Waals surface area contributed by atoms with Crippen LogP contribution in [0.5, 0.6) is 5.75 Å². The van der Waals surface area contributed by atoms with E-state index in [-0.39, 0.29) is 18.4 Å². The molecule has 1 saturated heterocycles. The molecule has 1 aromatic heterocycles. The van der Waals surface area contributed by atoms with Crippen molar-refractivity contribution in [3.8, 4) is 16.2 Å². The molecule has 4 rings (SSSR count). The number of carbonyl (C=O) groups excluding carboxylic acids is 2. The van der Waals surface area contributed by atoms with Crippen molar-refractivity contribution in [2.24, 2.45) is 11.1 Å². The van der Waals surface area contributed by atoms with Crippen LogP contribution in [0.4, 0.5) is 0 Å². The van der Waals surface area contributed by atoms with Crippen molar-refractivity contribution in [3.63, 3.8) is 0 Å². The molecule has 0 spiro atoms. The quantitative estimate of drug-likeness (QED) is 0.633. The number of para-hydroxylation sites is 1. The number of hydrogen-bond acceptors (Lipinski definition) is 4. The van der Waals surface area contributed by atoms with Crippen molar-refractivity contribution in [1.82, 2.24) is 4.90 Å². The standard InChI is InChI=1S/C24H24N2O3S/c25-23(28)24(15-18-7-4-5-10-20(18)21-11-6-14-30-21)12-13-26(17-24)22(27)16-29-19-8-2-1-3-9-19/h1-11,14H,12-13,15-17H2,(H2,25,28)/t24-/m0/s1. The maximum atomic E-state index is 12.7. The Hall–Kier alpha value is -3.12. The Morgan fingerprint density at radius 1 is 1.03 bits per heavy atom. The molecular formula is C24H24N2O3S. The third-order valence-corrected chi connectivity index (χ3v) is 6.57. The predicted molar refractivity (Wildman–Crippen MR) is 118 cm³/mol. The number of rotatable bonds is 7. The molecule has 2 aromatic carbocycles. The van der Waals surface area contributed by atoms with Crippen LogP contribution >= 0.6 is 11.3 Å². The highest BCUT2D eigenvalue weighted by molar-refractivity contribution is 7.13. The van der Waals surface area contributed by atoms with Crippen molar-refractivity contribution in [2.45, 2.75) is 12.8 Å². The molecule has 0 unspecified atom stereocenters. The first-order valence-electron chi connectivity index (χ1n) is 9.95. The normalized spacial score (nSPS) is 18.3. The van der Waals surface area contributed by atoms with Crippen LogP contribution in [0.15, 0.2) is 72.1 Å². The van der Waals surface area contributed by atoms with Gasteiger partial charge in [0.2, 0.25) is 5.91 Å². The van der Waals surface area contributed by atoms with Crippen molar-refractivity contribution in [2.75, 3.05) is 19.7 Å². The molecule has 2 amide bonds. The van der Waals surface area contributed by atoms with Gasteiger partial charge in [-0.15, -0.1) is 11.3 Å². The number of amides is 2. The summed E-state index contributed by atoms with van der Waals surface area (Å²) in [5, 5.41) is 2.04. The molecule has 0 bridgehead atoms. The van der Waals surface area contributed by atoms with Gasteiger partial charge in [0.05, 0.1) is 5.41 Å². The van der Waals surface area contributed by atoms with Gasteiger partial charge < -0.3 is 15.4 Å². The average molecular weight is 421 g/mol. The summed E-state index contributed by atoms with van der Waals surface area (Å²) in [4.78, 5) is 28.1. The zero-order valence-corrected chi connectivity index (χ0v) is 17.4. The van der Waals surface area contributed by atoms with Crippen molar-refractivity contribution in [1.29, 1.82) is 0 Å². The van der Waals surface area contributed by atoms with Crippen LogP contribution in [-0.4, -0.2) is 36.4 Å². The Balaban J connectivity index is 1.48. The van der Waals surface area contributed by atoms with Gasteiger partial charge in [-0.3, -0.25) is 9.59 Å². The number of thiophene rings is 1. The van der Waals surface area contributed by atoms with Gasteiger partial charge in [0, 0.05) is 18.0 Å². The van der Waals surface area contributed by atoms with E-state index in [0.717, 1.165) is 16.0 Å². The number of carbonyl (C=O) groups is 2. The summed E-state index contributed by atoms with van der Waals surface area (Å²) < 4.78 is 5.59. The van der Waals surface area contributed by atoms with Gasteiger partial charge in [0.1, 0.15) is 5.75 Å². The Kier molecular flexibility index (Phi) is 5.86. The molecule has 2 N–H and O–H groups in total. The summed E-state index contributed by atoms with van der Waals surface area (Å²) in [7, 11) is 0. The first-order chi connectivity index (χ1) is 14.6. The number of likely N-dealkylation sites (tertiary alicyclic amines) is 1. The summed E-state index contributed by atoms with van der Waals surface area (Å²) in [6, 6.07) is 21.4. The lowest BCUT2D eigenvalue weighted by molar-refractivity contribution is -0.133. The first kappa shape index (κ1) is 20.2. The molecule has 30 heavy (non-hydrogen) atoms. The molecule has 3 aromatic rings. The summed E-state index contributed by atoms with van der Waals surface area (Å²) >= 11 is 1.67. The minimum absolute atomic E-state index is 0.0510. The number of hydrogen-bond donors (Lipinski definition) is 1. The highest BCUT2D eigenvalue weighted by atomic mass is 32.1. The van der Waals surface area contributed by atoms with Gasteiger partial charge >= 0.3 is 0 Å². The maximum absolute atomic E-state index is 12.7. The van der Waals surface area contributed by atoms with Crippen LogP contribution in [0.2, 0.25) is 0 Å². The van der Waals surface area contributed by atoms with Crippen LogP contribution in [0.1, 0.15) is 12.0 Å². The Morgan fingerprint density at radius 2 is 1.80 bits per heavy atom. The van der Waals surface area contributed by atoms with E-state index in [4.69, 9.17) is 10.5 Å². The van der Waals surface area contributed by atoms with E-state index in [9.17, 15) is 9.59 Å². The molecule has 1 fully saturated rings. The predicted octanol–water partition coefficient (Wildman–Crippen LogP) is 3.74. The summed E-state index contributed by atoms with van der Waals surface area (Å²) in [6.07, 6.45) is 1.07. The average Bonchev–Trinajstić information content (AvgIpc) is 3.44. The van der Waals surface area contributed by atoms with Gasteiger partial charge in [-0.2, -0.15) is 0 Å². The second-order valence-electron chi connectivity index (χ2n) is 7.62. The van der Waals surface area contributed by atoms with E-state index >= 15 is 0 Å². The van der Waals surface area contributed by atoms with Gasteiger partial charge in [0.25, 0.3) is 5.91 Å². The fraction of sp³-hybridized carbons (Fsp3) is 0.250. The minimum atomic E-state index is -0.768. The zero-order chi connectivity index (χ0) is 21.0. The van der Waals surface area contributed by atoms with Crippen LogP contribution in [0.3, 0.4) is 0 Å². The van der Waals surface area contributed by atoms with Gasteiger partial charge in [-0.1, -0.05) is 48.5 Å². The van der Waals surface area contributed by atoms with E-state index < -0.39 is 5.41 Å². The van der Waals surface area contributed by atoms with Gasteiger partial charge in [-0.25, -0.2) is 0 Å². The topological polar surface area (TPSA) is 72.6 Å². The summed E-state index contributed by atoms with van der Waals surface area (Å²) in [5.41, 5.74) is 7.30. The van der Waals surface area contributed by atoms with Crippen molar-refractivity contribution in [3.05, 3.63) is 77.7 Å². The molecule has 6 heteroatoms. The van der Waals surface area contributed by atoms with Crippen LogP contribution in [-0.2, 0) is 16.0 Å². The highest BCUT2D eigenvalue weighted by Gasteiger charge is 2.45. The largest absolute Gasteiger partial charge is 0.484 e. The van der Waals surface area contributed by atoms with E-state index in [1.54, 1.807) is 16.2 Å². The number of nitrogens with zero attached hydrogens (tertiary/aromatic N) is 1. The SMILES string of the molecule is NC(=O)[C@]1(Cc2ccccc2-c2cccs2)CCN(C(=O)COc2ccccc2)C1. The second kappa shape index (κ2) is 8.71. The van der Waals surface area contributed by atoms with Gasteiger partial charge in [0.15, 0.2) is 6.61 Å². The van der Waals surface area contributed by atoms with Crippen LogP contribution in [0, 0.1) is 5.41 Å². The fourth-order valence-electron chi connectivity index (χ4n) is 3.98. The van der Waals surface area contributed by atoms with E-state index in [0.29, 0.717) is 31.7 Å². The zero-order valence-electron chi connectivity index (χ0n) is 16.6. The summed E-state index contributed by atoms with van der Waals surface area (Å²) in [6.45, 7) is 0.768. The smallest absolute Gasteiger partial charge is 0.260 e. The molecule has 1 aliphatic heterocycles. The molecule has 0 saturated carbocycles. The summed E-state index contributed by atoms with van der Waals surface area (Å²) in [5.74, 6) is 0.160. The molecule has 5 nitrogen and oxygen atoms in total. The Labute approximate surface area is 180 Å².